The van der Waals surface area contributed by atoms with Crippen molar-refractivity contribution in [3.63, 3.8) is 0 Å². The first kappa shape index (κ1) is 15.5. The number of hydrogen-bond donors (Lipinski definition) is 3. The number of amides is 3. The number of urea groups is 1. The summed E-state index contributed by atoms with van der Waals surface area (Å²) >= 11 is 0. The molecule has 0 bridgehead atoms. The van der Waals surface area contributed by atoms with Crippen molar-refractivity contribution in [2.24, 2.45) is 0 Å². The highest BCUT2D eigenvalue weighted by molar-refractivity contribution is 5.97. The van der Waals surface area contributed by atoms with Crippen molar-refractivity contribution in [3.05, 3.63) is 35.9 Å². The lowest BCUT2D eigenvalue weighted by molar-refractivity contribution is -0.126. The Kier molecular flexibility index (Phi) is 5.30. The van der Waals surface area contributed by atoms with Crippen LogP contribution in [0.5, 0.6) is 0 Å². The molecule has 1 aliphatic heterocycles. The third-order valence-corrected chi connectivity index (χ3v) is 3.62. The Morgan fingerprint density at radius 2 is 2.05 bits per heavy atom. The first-order chi connectivity index (χ1) is 10.1. The van der Waals surface area contributed by atoms with Gasteiger partial charge in [0.15, 0.2) is 0 Å². The summed E-state index contributed by atoms with van der Waals surface area (Å²) in [4.78, 5) is 25.7. The second kappa shape index (κ2) is 7.19. The van der Waals surface area contributed by atoms with E-state index in [4.69, 9.17) is 0 Å². The molecule has 0 aromatic heterocycles. The molecule has 0 saturated carbocycles. The zero-order valence-corrected chi connectivity index (χ0v) is 12.1. The van der Waals surface area contributed by atoms with E-state index < -0.39 is 18.2 Å². The summed E-state index contributed by atoms with van der Waals surface area (Å²) in [6, 6.07) is 8.20. The third kappa shape index (κ3) is 4.03. The first-order valence-corrected chi connectivity index (χ1v) is 7.11. The second-order valence-electron chi connectivity index (χ2n) is 5.17. The topological polar surface area (TPSA) is 81.7 Å². The molecular formula is C15H21N3O3. The Morgan fingerprint density at radius 3 is 2.67 bits per heavy atom. The van der Waals surface area contributed by atoms with Crippen molar-refractivity contribution in [1.29, 1.82) is 0 Å². The Labute approximate surface area is 124 Å². The van der Waals surface area contributed by atoms with Crippen molar-refractivity contribution in [2.75, 3.05) is 20.1 Å². The van der Waals surface area contributed by atoms with Crippen LogP contribution in [0.25, 0.3) is 0 Å². The third-order valence-electron chi connectivity index (χ3n) is 3.62. The van der Waals surface area contributed by atoms with Crippen LogP contribution in [0.3, 0.4) is 0 Å². The Balaban J connectivity index is 2.22. The zero-order chi connectivity index (χ0) is 15.2. The molecule has 3 N–H and O–H groups in total. The molecule has 1 saturated heterocycles. The summed E-state index contributed by atoms with van der Waals surface area (Å²) in [5, 5.41) is 14.5. The number of β-amino-alcohol motifs (C(OH)–C–C–N with tert-alkyl or cyclic N) is 1. The van der Waals surface area contributed by atoms with Gasteiger partial charge in [0.05, 0.1) is 6.10 Å². The summed E-state index contributed by atoms with van der Waals surface area (Å²) in [5.41, 5.74) is 0.813. The van der Waals surface area contributed by atoms with Crippen LogP contribution in [-0.2, 0) is 4.79 Å². The maximum atomic E-state index is 12.4. The molecule has 1 heterocycles. The minimum absolute atomic E-state index is 0.380. The average molecular weight is 291 g/mol. The number of aliphatic hydroxyl groups excluding tert-OH is 1. The van der Waals surface area contributed by atoms with E-state index in [1.54, 1.807) is 0 Å². The number of rotatable bonds is 3. The van der Waals surface area contributed by atoms with Gasteiger partial charge in [-0.3, -0.25) is 15.0 Å². The van der Waals surface area contributed by atoms with Crippen LogP contribution in [0.15, 0.2) is 30.3 Å². The van der Waals surface area contributed by atoms with E-state index in [1.807, 2.05) is 35.2 Å². The molecule has 1 aromatic rings. The van der Waals surface area contributed by atoms with Gasteiger partial charge in [-0.1, -0.05) is 30.3 Å². The minimum atomic E-state index is -0.571. The molecule has 114 valence electrons. The van der Waals surface area contributed by atoms with Gasteiger partial charge in [0, 0.05) is 13.6 Å². The minimum Gasteiger partial charge on any atom is -0.392 e. The molecule has 6 nitrogen and oxygen atoms in total. The Hall–Kier alpha value is -1.92. The lowest BCUT2D eigenvalue weighted by Crippen LogP contribution is -2.49. The van der Waals surface area contributed by atoms with Crippen LogP contribution < -0.4 is 10.6 Å². The van der Waals surface area contributed by atoms with Gasteiger partial charge in [-0.05, 0) is 24.9 Å². The van der Waals surface area contributed by atoms with E-state index in [0.717, 1.165) is 24.9 Å². The predicted molar refractivity (Wildman–Crippen MR) is 78.6 cm³/mol. The van der Waals surface area contributed by atoms with Gasteiger partial charge in [-0.2, -0.15) is 0 Å². The molecule has 2 rings (SSSR count). The molecule has 1 fully saturated rings. The monoisotopic (exact) mass is 291 g/mol. The van der Waals surface area contributed by atoms with Crippen LogP contribution in [-0.4, -0.2) is 48.2 Å². The first-order valence-electron chi connectivity index (χ1n) is 7.11. The maximum Gasteiger partial charge on any atom is 0.321 e. The quantitative estimate of drug-likeness (QED) is 0.763. The molecule has 0 unspecified atom stereocenters. The van der Waals surface area contributed by atoms with E-state index in [0.29, 0.717) is 6.54 Å². The van der Waals surface area contributed by atoms with Gasteiger partial charge in [0.1, 0.15) is 6.04 Å². The van der Waals surface area contributed by atoms with Crippen LogP contribution in [0.2, 0.25) is 0 Å². The second-order valence-corrected chi connectivity index (χ2v) is 5.17. The highest BCUT2D eigenvalue weighted by Gasteiger charge is 2.31. The number of carbonyl (C=O) groups is 2. The van der Waals surface area contributed by atoms with Crippen LogP contribution in [0, 0.1) is 0 Å². The summed E-state index contributed by atoms with van der Waals surface area (Å²) < 4.78 is 0. The molecule has 0 radical (unpaired) electrons. The van der Waals surface area contributed by atoms with Crippen molar-refractivity contribution in [3.8, 4) is 0 Å². The predicted octanol–water partition coefficient (Wildman–Crippen LogP) is 0.640. The molecule has 3 amide bonds. The van der Waals surface area contributed by atoms with E-state index in [9.17, 15) is 14.7 Å². The fraction of sp³-hybridized carbons (Fsp3) is 0.467. The number of nitrogens with zero attached hydrogens (tertiary/aromatic N) is 1. The van der Waals surface area contributed by atoms with Gasteiger partial charge < -0.3 is 10.4 Å². The Morgan fingerprint density at radius 1 is 1.33 bits per heavy atom. The highest BCUT2D eigenvalue weighted by Crippen LogP contribution is 2.25. The molecule has 1 aliphatic rings. The van der Waals surface area contributed by atoms with Gasteiger partial charge in [0.2, 0.25) is 5.91 Å². The van der Waals surface area contributed by atoms with E-state index in [1.165, 1.54) is 7.05 Å². The fourth-order valence-corrected chi connectivity index (χ4v) is 2.62. The zero-order valence-electron chi connectivity index (χ0n) is 12.1. The van der Waals surface area contributed by atoms with Crippen LogP contribution in [0.1, 0.15) is 24.4 Å². The number of aliphatic hydroxyl groups is 1. The summed E-state index contributed by atoms with van der Waals surface area (Å²) in [6.07, 6.45) is 1.14. The SMILES string of the molecule is CNC(=O)NC(=O)[C@H](c1ccccc1)N1CCC[C@@H](O)C1. The number of piperidine rings is 1. The van der Waals surface area contributed by atoms with Crippen LogP contribution in [0.4, 0.5) is 4.79 Å². The summed E-state index contributed by atoms with van der Waals surface area (Å²) in [6.45, 7) is 1.15. The molecule has 6 heteroatoms. The highest BCUT2D eigenvalue weighted by atomic mass is 16.3. The largest absolute Gasteiger partial charge is 0.392 e. The van der Waals surface area contributed by atoms with E-state index in [2.05, 4.69) is 10.6 Å². The lowest BCUT2D eigenvalue weighted by Gasteiger charge is -2.35. The number of likely N-dealkylation sites (tertiary alicyclic amines) is 1. The van der Waals surface area contributed by atoms with Crippen molar-refractivity contribution in [2.45, 2.75) is 25.0 Å². The number of carbonyl (C=O) groups excluding carboxylic acids is 2. The fourth-order valence-electron chi connectivity index (χ4n) is 2.62. The lowest BCUT2D eigenvalue weighted by atomic mass is 10.00. The molecule has 21 heavy (non-hydrogen) atoms. The van der Waals surface area contributed by atoms with Gasteiger partial charge in [0.25, 0.3) is 0 Å². The summed E-state index contributed by atoms with van der Waals surface area (Å²) in [7, 11) is 1.46. The number of imide groups is 1. The normalized spacial score (nSPS) is 20.6. The summed E-state index contributed by atoms with van der Waals surface area (Å²) in [5.74, 6) is -0.380. The van der Waals surface area contributed by atoms with Crippen molar-refractivity contribution < 1.29 is 14.7 Å². The average Bonchev–Trinajstić information content (AvgIpc) is 2.48. The molecule has 1 aromatic carbocycles. The van der Waals surface area contributed by atoms with Gasteiger partial charge in [-0.25, -0.2) is 4.79 Å². The molecule has 2 atom stereocenters. The van der Waals surface area contributed by atoms with Crippen molar-refractivity contribution in [1.82, 2.24) is 15.5 Å². The molecular weight excluding hydrogens is 270 g/mol. The maximum absolute atomic E-state index is 12.4. The Bertz CT molecular complexity index is 492. The van der Waals surface area contributed by atoms with Gasteiger partial charge >= 0.3 is 6.03 Å². The number of hydrogen-bond acceptors (Lipinski definition) is 4. The van der Waals surface area contributed by atoms with E-state index >= 15 is 0 Å². The number of benzene rings is 1. The standard InChI is InChI=1S/C15H21N3O3/c1-16-15(21)17-14(20)13(11-6-3-2-4-7-11)18-9-5-8-12(19)10-18/h2-4,6-7,12-13,19H,5,8-10H2,1H3,(H2,16,17,20,21)/t12-,13+/m1/s1. The van der Waals surface area contributed by atoms with Gasteiger partial charge in [-0.15, -0.1) is 0 Å². The smallest absolute Gasteiger partial charge is 0.321 e. The van der Waals surface area contributed by atoms with E-state index in [-0.39, 0.29) is 5.91 Å². The molecule has 0 spiro atoms. The van der Waals surface area contributed by atoms with Crippen molar-refractivity contribution >= 4 is 11.9 Å². The van der Waals surface area contributed by atoms with Crippen LogP contribution >= 0.6 is 0 Å². The number of nitrogens with one attached hydrogen (secondary N) is 2. The molecule has 0 aliphatic carbocycles.